The van der Waals surface area contributed by atoms with Crippen molar-refractivity contribution in [2.75, 3.05) is 0 Å². The molecule has 7 nitrogen and oxygen atoms in total. The Bertz CT molecular complexity index is 606. The number of benzene rings is 1. The first kappa shape index (κ1) is 14.5. The molecule has 1 N–H and O–H groups in total. The quantitative estimate of drug-likeness (QED) is 0.681. The first-order valence-electron chi connectivity index (χ1n) is 6.39. The van der Waals surface area contributed by atoms with Crippen molar-refractivity contribution in [1.82, 2.24) is 4.90 Å². The summed E-state index contributed by atoms with van der Waals surface area (Å²) in [5.41, 5.74) is 0.791. The van der Waals surface area contributed by atoms with Gasteiger partial charge in [0.2, 0.25) is 17.1 Å². The number of aliphatic hydroxyl groups is 1. The number of aliphatic hydroxyl groups excluding tert-OH is 1. The van der Waals surface area contributed by atoms with Crippen LogP contribution in [-0.2, 0) is 16.1 Å². The Balaban J connectivity index is 2.04. The summed E-state index contributed by atoms with van der Waals surface area (Å²) in [5.74, 6) is -0.795. The van der Waals surface area contributed by atoms with Gasteiger partial charge in [0.25, 0.3) is 0 Å². The molecule has 21 heavy (non-hydrogen) atoms. The highest BCUT2D eigenvalue weighted by Gasteiger charge is 2.40. The summed E-state index contributed by atoms with van der Waals surface area (Å²) in [6.07, 6.45) is 0.344. The molecular formula is C14H14N3O4+. The normalized spacial score (nSPS) is 18.4. The highest BCUT2D eigenvalue weighted by atomic mass is 16.6. The van der Waals surface area contributed by atoms with Gasteiger partial charge in [0.1, 0.15) is 12.6 Å². The van der Waals surface area contributed by atoms with E-state index in [-0.39, 0.29) is 25.2 Å². The molecule has 108 valence electrons. The largest absolute Gasteiger partial charge is 0.504 e. The number of ether oxygens (including phenoxy) is 1. The van der Waals surface area contributed by atoms with Gasteiger partial charge in [-0.15, -0.1) is 0 Å². The first-order chi connectivity index (χ1) is 10.1. The number of carbonyl (C=O) groups is 2. The van der Waals surface area contributed by atoms with Gasteiger partial charge in [-0.05, 0) is 12.0 Å². The van der Waals surface area contributed by atoms with Crippen molar-refractivity contribution in [2.24, 2.45) is 0 Å². The monoisotopic (exact) mass is 288 g/mol. The van der Waals surface area contributed by atoms with Gasteiger partial charge in [-0.25, -0.2) is 9.69 Å². The Hall–Kier alpha value is -2.88. The summed E-state index contributed by atoms with van der Waals surface area (Å²) >= 11 is 0. The lowest BCUT2D eigenvalue weighted by Gasteiger charge is -2.20. The number of carbonyl (C=O) groups excluding carboxylic acids is 2. The Morgan fingerprint density at radius 2 is 2.19 bits per heavy atom. The van der Waals surface area contributed by atoms with E-state index in [1.54, 1.807) is 12.1 Å². The minimum absolute atomic E-state index is 0.0328. The predicted molar refractivity (Wildman–Crippen MR) is 72.3 cm³/mol. The second-order valence-electron chi connectivity index (χ2n) is 4.53. The fourth-order valence-electron chi connectivity index (χ4n) is 2.13. The molecule has 2 rings (SSSR count). The lowest BCUT2D eigenvalue weighted by Crippen LogP contribution is -2.40. The Morgan fingerprint density at radius 1 is 1.48 bits per heavy atom. The van der Waals surface area contributed by atoms with Crippen LogP contribution in [0, 0.1) is 5.39 Å². The van der Waals surface area contributed by atoms with E-state index in [2.05, 4.69) is 4.98 Å². The summed E-state index contributed by atoms with van der Waals surface area (Å²) in [5, 5.41) is 18.1. The number of diazo groups is 1. The molecule has 1 heterocycles. The zero-order chi connectivity index (χ0) is 15.2. The third kappa shape index (κ3) is 3.36. The summed E-state index contributed by atoms with van der Waals surface area (Å²) < 4.78 is 5.08. The molecule has 1 fully saturated rings. The van der Waals surface area contributed by atoms with Crippen LogP contribution >= 0.6 is 0 Å². The van der Waals surface area contributed by atoms with Crippen molar-refractivity contribution in [1.29, 1.82) is 5.39 Å². The van der Waals surface area contributed by atoms with Gasteiger partial charge in [-0.1, -0.05) is 30.3 Å². The third-order valence-corrected chi connectivity index (χ3v) is 3.15. The number of hydrogen-bond donors (Lipinski definition) is 1. The van der Waals surface area contributed by atoms with E-state index in [4.69, 9.17) is 10.1 Å². The van der Waals surface area contributed by atoms with Crippen molar-refractivity contribution in [3.8, 4) is 0 Å². The van der Waals surface area contributed by atoms with Gasteiger partial charge in [0.15, 0.2) is 4.98 Å². The lowest BCUT2D eigenvalue weighted by molar-refractivity contribution is -0.127. The van der Waals surface area contributed by atoms with E-state index < -0.39 is 18.0 Å². The van der Waals surface area contributed by atoms with Crippen molar-refractivity contribution in [3.63, 3.8) is 0 Å². The van der Waals surface area contributed by atoms with Gasteiger partial charge in [0.05, 0.1) is 0 Å². The summed E-state index contributed by atoms with van der Waals surface area (Å²) in [6, 6.07) is 8.19. The Morgan fingerprint density at radius 3 is 2.86 bits per heavy atom. The average Bonchev–Trinajstić information content (AvgIpc) is 2.88. The molecule has 0 aliphatic carbocycles. The number of rotatable bonds is 3. The van der Waals surface area contributed by atoms with E-state index in [9.17, 15) is 14.7 Å². The van der Waals surface area contributed by atoms with E-state index in [0.717, 1.165) is 16.7 Å². The predicted octanol–water partition coefficient (Wildman–Crippen LogP) is 2.57. The van der Waals surface area contributed by atoms with Crippen molar-refractivity contribution < 1.29 is 19.4 Å². The van der Waals surface area contributed by atoms with E-state index in [1.165, 1.54) is 0 Å². The topological polar surface area (TPSA) is 95.0 Å². The molecule has 1 aliphatic rings. The van der Waals surface area contributed by atoms with Crippen LogP contribution in [0.5, 0.6) is 0 Å². The number of hydrogen-bond acceptors (Lipinski definition) is 5. The minimum Gasteiger partial charge on any atom is -0.504 e. The van der Waals surface area contributed by atoms with E-state index in [1.807, 2.05) is 18.2 Å². The van der Waals surface area contributed by atoms with Crippen LogP contribution in [0.4, 0.5) is 4.79 Å². The summed E-state index contributed by atoms with van der Waals surface area (Å²) in [7, 11) is 0. The summed E-state index contributed by atoms with van der Waals surface area (Å²) in [6.45, 7) is 0.0328. The van der Waals surface area contributed by atoms with Gasteiger partial charge < -0.3 is 9.84 Å². The Kier molecular flexibility index (Phi) is 4.51. The molecule has 1 atom stereocenters. The standard InChI is InChI=1S/C14H13N3O4/c15-16-8-12(18)11-6-7-13(19)17(11)14(20)21-9-10-4-2-1-3-5-10/h1-5,8,11H,6-7,9H2/p+1/b12-8+/t11-/m0/s1. The second kappa shape index (κ2) is 6.52. The van der Waals surface area contributed by atoms with Gasteiger partial charge in [-0.3, -0.25) is 4.79 Å². The zero-order valence-corrected chi connectivity index (χ0v) is 11.2. The SMILES string of the molecule is N#[N+]/C=C(/O)[C@@H]1CCC(=O)N1C(=O)OCc1ccccc1. The molecule has 0 radical (unpaired) electrons. The second-order valence-corrected chi connectivity index (χ2v) is 4.53. The fraction of sp³-hybridized carbons (Fsp3) is 0.286. The lowest BCUT2D eigenvalue weighted by atomic mass is 10.2. The third-order valence-electron chi connectivity index (χ3n) is 3.15. The number of imide groups is 1. The fourth-order valence-corrected chi connectivity index (χ4v) is 2.13. The van der Waals surface area contributed by atoms with Gasteiger partial charge in [-0.2, -0.15) is 0 Å². The molecule has 1 aliphatic heterocycles. The van der Waals surface area contributed by atoms with E-state index >= 15 is 0 Å². The smallest absolute Gasteiger partial charge is 0.417 e. The van der Waals surface area contributed by atoms with Crippen LogP contribution in [0.1, 0.15) is 18.4 Å². The molecule has 0 bridgehead atoms. The molecule has 2 amide bonds. The van der Waals surface area contributed by atoms with Crippen molar-refractivity contribution in [2.45, 2.75) is 25.5 Å². The highest BCUT2D eigenvalue weighted by Crippen LogP contribution is 2.24. The molecule has 0 saturated carbocycles. The zero-order valence-electron chi connectivity index (χ0n) is 11.2. The van der Waals surface area contributed by atoms with Crippen LogP contribution in [0.3, 0.4) is 0 Å². The van der Waals surface area contributed by atoms with Crippen molar-refractivity contribution in [3.05, 3.63) is 52.8 Å². The van der Waals surface area contributed by atoms with Crippen LogP contribution in [0.2, 0.25) is 0 Å². The number of amides is 2. The van der Waals surface area contributed by atoms with Crippen LogP contribution < -0.4 is 0 Å². The van der Waals surface area contributed by atoms with Gasteiger partial charge >= 0.3 is 12.3 Å². The molecule has 0 unspecified atom stereocenters. The molecule has 1 aromatic carbocycles. The van der Waals surface area contributed by atoms with E-state index in [0.29, 0.717) is 0 Å². The molecule has 7 heteroatoms. The maximum Gasteiger partial charge on any atom is 0.417 e. The summed E-state index contributed by atoms with van der Waals surface area (Å²) in [4.78, 5) is 27.3. The first-order valence-corrected chi connectivity index (χ1v) is 6.39. The van der Waals surface area contributed by atoms with Crippen molar-refractivity contribution >= 4 is 12.0 Å². The minimum atomic E-state index is -0.850. The molecular weight excluding hydrogens is 274 g/mol. The molecule has 0 aromatic heterocycles. The van der Waals surface area contributed by atoms with Crippen LogP contribution in [0.25, 0.3) is 4.98 Å². The molecule has 1 saturated heterocycles. The Labute approximate surface area is 121 Å². The van der Waals surface area contributed by atoms with Crippen LogP contribution in [-0.4, -0.2) is 28.0 Å². The average molecular weight is 288 g/mol. The maximum atomic E-state index is 12.0. The molecule has 1 aromatic rings. The highest BCUT2D eigenvalue weighted by molar-refractivity contribution is 5.94. The molecule has 0 spiro atoms. The number of nitrogens with zero attached hydrogens (tertiary/aromatic N) is 3. The number of likely N-dealkylation sites (tertiary alicyclic amines) is 1. The van der Waals surface area contributed by atoms with Crippen LogP contribution in [0.15, 0.2) is 42.3 Å². The maximum absolute atomic E-state index is 12.0. The van der Waals surface area contributed by atoms with Gasteiger partial charge in [0, 0.05) is 6.42 Å².